The van der Waals surface area contributed by atoms with Gasteiger partial charge in [-0.05, 0) is 90.3 Å². The number of hydrogen-bond acceptors (Lipinski definition) is 4. The number of aromatic nitrogens is 3. The number of hydrogen-bond donors (Lipinski definition) is 0. The van der Waals surface area contributed by atoms with Crippen molar-refractivity contribution >= 4 is 21.4 Å². The standard InChI is InChI=1S/C59H39N3S/c1-6-18-40(19-7-1)41-30-34-47(35-31-41)57-60-58(62-59(61-57)53-38-49-28-16-17-29-52(49)63-53)48-36-32-46(33-37-48)55-51(43-22-10-3-11-23-43)39-50(42-20-8-2-9-21-42)54(44-24-12-4-13-25-44)56(55)45-26-14-5-15-27-45/h1-39H. The Morgan fingerprint density at radius 1 is 0.254 bits per heavy atom. The molecule has 0 saturated carbocycles. The highest BCUT2D eigenvalue weighted by atomic mass is 32.1. The summed E-state index contributed by atoms with van der Waals surface area (Å²) >= 11 is 1.70. The van der Waals surface area contributed by atoms with Gasteiger partial charge in [0.05, 0.1) is 4.88 Å². The Hall–Kier alpha value is -8.05. The second kappa shape index (κ2) is 16.8. The molecule has 4 heteroatoms. The summed E-state index contributed by atoms with van der Waals surface area (Å²) in [5, 5.41) is 1.18. The highest BCUT2D eigenvalue weighted by molar-refractivity contribution is 7.22. The van der Waals surface area contributed by atoms with Crippen LogP contribution in [0.2, 0.25) is 0 Å². The van der Waals surface area contributed by atoms with Gasteiger partial charge in [-0.1, -0.05) is 218 Å². The third-order valence-corrected chi connectivity index (χ3v) is 12.7. The van der Waals surface area contributed by atoms with E-state index in [1.807, 2.05) is 6.07 Å². The lowest BCUT2D eigenvalue weighted by molar-refractivity contribution is 1.08. The van der Waals surface area contributed by atoms with Crippen molar-refractivity contribution in [2.75, 3.05) is 0 Å². The Bertz CT molecular complexity index is 3300. The van der Waals surface area contributed by atoms with Crippen molar-refractivity contribution in [3.05, 3.63) is 237 Å². The molecule has 0 spiro atoms. The molecule has 0 atom stereocenters. The molecule has 0 bridgehead atoms. The minimum atomic E-state index is 0.627. The van der Waals surface area contributed by atoms with Crippen molar-refractivity contribution in [1.29, 1.82) is 0 Å². The Balaban J connectivity index is 1.11. The van der Waals surface area contributed by atoms with Gasteiger partial charge in [0.15, 0.2) is 17.5 Å². The van der Waals surface area contributed by atoms with E-state index in [1.165, 1.54) is 43.5 Å². The van der Waals surface area contributed by atoms with Gasteiger partial charge in [0.25, 0.3) is 0 Å². The van der Waals surface area contributed by atoms with E-state index in [2.05, 4.69) is 231 Å². The van der Waals surface area contributed by atoms with Gasteiger partial charge in [-0.2, -0.15) is 0 Å². The summed E-state index contributed by atoms with van der Waals surface area (Å²) in [6.07, 6.45) is 0. The molecule has 0 aliphatic carbocycles. The van der Waals surface area contributed by atoms with Crippen LogP contribution in [-0.4, -0.2) is 15.0 Å². The Kier molecular flexibility index (Phi) is 10.1. The zero-order chi connectivity index (χ0) is 42.0. The van der Waals surface area contributed by atoms with E-state index < -0.39 is 0 Å². The van der Waals surface area contributed by atoms with Crippen LogP contribution in [0.1, 0.15) is 0 Å². The van der Waals surface area contributed by atoms with Gasteiger partial charge >= 0.3 is 0 Å². The van der Waals surface area contributed by atoms with Gasteiger partial charge in [-0.15, -0.1) is 11.3 Å². The molecular weight excluding hydrogens is 783 g/mol. The summed E-state index contributed by atoms with van der Waals surface area (Å²) in [5.41, 5.74) is 15.8. The lowest BCUT2D eigenvalue weighted by Gasteiger charge is -2.24. The van der Waals surface area contributed by atoms with Crippen molar-refractivity contribution in [1.82, 2.24) is 15.0 Å². The molecule has 0 unspecified atom stereocenters. The number of fused-ring (bicyclic) bond motifs is 1. The fourth-order valence-electron chi connectivity index (χ4n) is 8.54. The highest BCUT2D eigenvalue weighted by Crippen LogP contribution is 2.50. The van der Waals surface area contributed by atoms with Gasteiger partial charge in [0.2, 0.25) is 0 Å². The highest BCUT2D eigenvalue weighted by Gasteiger charge is 2.24. The molecule has 0 aliphatic rings. The number of thiophene rings is 1. The second-order valence-corrected chi connectivity index (χ2v) is 16.6. The predicted octanol–water partition coefficient (Wildman–Crippen LogP) is 16.1. The average molecular weight is 822 g/mol. The van der Waals surface area contributed by atoms with Gasteiger partial charge in [0.1, 0.15) is 0 Å². The SMILES string of the molecule is c1ccc(-c2ccc(-c3nc(-c4ccc(-c5c(-c6ccccc6)cc(-c6ccccc6)c(-c6ccccc6)c5-c5ccccc5)cc4)nc(-c4cc5ccccc5s4)n3)cc2)cc1. The van der Waals surface area contributed by atoms with Crippen LogP contribution >= 0.6 is 11.3 Å². The van der Waals surface area contributed by atoms with E-state index in [9.17, 15) is 0 Å². The lowest BCUT2D eigenvalue weighted by Crippen LogP contribution is -2.00. The molecule has 296 valence electrons. The Labute approximate surface area is 371 Å². The van der Waals surface area contributed by atoms with Gasteiger partial charge in [-0.25, -0.2) is 15.0 Å². The molecule has 2 aromatic heterocycles. The minimum Gasteiger partial charge on any atom is -0.208 e. The number of nitrogens with zero attached hydrogens (tertiary/aromatic N) is 3. The molecule has 11 aromatic rings. The zero-order valence-corrected chi connectivity index (χ0v) is 35.1. The van der Waals surface area contributed by atoms with Crippen molar-refractivity contribution in [2.24, 2.45) is 0 Å². The third kappa shape index (κ3) is 7.54. The van der Waals surface area contributed by atoms with Crippen LogP contribution in [0.25, 0.3) is 110 Å². The third-order valence-electron chi connectivity index (χ3n) is 11.6. The van der Waals surface area contributed by atoms with Crippen molar-refractivity contribution < 1.29 is 0 Å². The van der Waals surface area contributed by atoms with Crippen LogP contribution in [0, 0.1) is 0 Å². The monoisotopic (exact) mass is 821 g/mol. The fourth-order valence-corrected chi connectivity index (χ4v) is 9.53. The summed E-state index contributed by atoms with van der Waals surface area (Å²) in [7, 11) is 0. The number of rotatable bonds is 9. The maximum Gasteiger partial charge on any atom is 0.174 e. The van der Waals surface area contributed by atoms with E-state index in [0.29, 0.717) is 17.5 Å². The van der Waals surface area contributed by atoms with Crippen LogP contribution in [-0.2, 0) is 0 Å². The number of benzene rings is 9. The maximum atomic E-state index is 5.18. The fraction of sp³-hybridized carbons (Fsp3) is 0. The van der Waals surface area contributed by atoms with Gasteiger partial charge in [-0.3, -0.25) is 0 Å². The van der Waals surface area contributed by atoms with Gasteiger partial charge in [0, 0.05) is 15.8 Å². The summed E-state index contributed by atoms with van der Waals surface area (Å²) in [4.78, 5) is 16.5. The van der Waals surface area contributed by atoms with E-state index in [1.54, 1.807) is 11.3 Å². The van der Waals surface area contributed by atoms with Gasteiger partial charge < -0.3 is 0 Å². The molecule has 0 N–H and O–H groups in total. The van der Waals surface area contributed by atoms with Crippen LogP contribution in [0.3, 0.4) is 0 Å². The first-order chi connectivity index (χ1) is 31.2. The largest absolute Gasteiger partial charge is 0.208 e. The van der Waals surface area contributed by atoms with Crippen LogP contribution in [0.5, 0.6) is 0 Å². The van der Waals surface area contributed by atoms with Crippen molar-refractivity contribution in [2.45, 2.75) is 0 Å². The predicted molar refractivity (Wildman–Crippen MR) is 264 cm³/mol. The zero-order valence-electron chi connectivity index (χ0n) is 34.3. The average Bonchev–Trinajstić information content (AvgIpc) is 3.82. The topological polar surface area (TPSA) is 38.7 Å². The van der Waals surface area contributed by atoms with E-state index in [4.69, 9.17) is 15.0 Å². The molecule has 63 heavy (non-hydrogen) atoms. The Morgan fingerprint density at radius 2 is 0.603 bits per heavy atom. The summed E-state index contributed by atoms with van der Waals surface area (Å²) < 4.78 is 1.20. The smallest absolute Gasteiger partial charge is 0.174 e. The first-order valence-electron chi connectivity index (χ1n) is 21.2. The summed E-state index contributed by atoms with van der Waals surface area (Å²) in [5.74, 6) is 1.93. The minimum absolute atomic E-state index is 0.627. The van der Waals surface area contributed by atoms with E-state index >= 15 is 0 Å². The molecule has 11 rings (SSSR count). The van der Waals surface area contributed by atoms with Crippen LogP contribution < -0.4 is 0 Å². The quantitative estimate of drug-likeness (QED) is 0.146. The van der Waals surface area contributed by atoms with Crippen LogP contribution in [0.15, 0.2) is 237 Å². The maximum absolute atomic E-state index is 5.18. The summed E-state index contributed by atoms with van der Waals surface area (Å²) in [6, 6.07) is 83.9. The molecule has 0 radical (unpaired) electrons. The molecule has 0 saturated heterocycles. The first kappa shape index (κ1) is 37.9. The first-order valence-corrected chi connectivity index (χ1v) is 22.0. The lowest BCUT2D eigenvalue weighted by atomic mass is 9.79. The molecule has 0 fully saturated rings. The molecule has 0 aliphatic heterocycles. The molecular formula is C59H39N3S. The molecule has 0 amide bonds. The normalized spacial score (nSPS) is 11.2. The summed E-state index contributed by atoms with van der Waals surface area (Å²) in [6.45, 7) is 0. The molecule has 3 nitrogen and oxygen atoms in total. The van der Waals surface area contributed by atoms with E-state index in [-0.39, 0.29) is 0 Å². The van der Waals surface area contributed by atoms with Crippen molar-refractivity contribution in [3.63, 3.8) is 0 Å². The van der Waals surface area contributed by atoms with Crippen molar-refractivity contribution in [3.8, 4) is 100 Å². The second-order valence-electron chi connectivity index (χ2n) is 15.5. The van der Waals surface area contributed by atoms with Crippen LogP contribution in [0.4, 0.5) is 0 Å². The Morgan fingerprint density at radius 3 is 1.10 bits per heavy atom. The molecule has 2 heterocycles. The molecule has 9 aromatic carbocycles. The van der Waals surface area contributed by atoms with E-state index in [0.717, 1.165) is 49.4 Å².